The smallest absolute Gasteiger partial charge is 0.269 e. The summed E-state index contributed by atoms with van der Waals surface area (Å²) in [5.74, 6) is 0.388. The zero-order chi connectivity index (χ0) is 12.4. The van der Waals surface area contributed by atoms with Crippen LogP contribution in [0.3, 0.4) is 0 Å². The van der Waals surface area contributed by atoms with E-state index in [1.807, 2.05) is 6.92 Å². The molecule has 88 valence electrons. The Labute approximate surface area is 97.6 Å². The summed E-state index contributed by atoms with van der Waals surface area (Å²) in [5.41, 5.74) is 8.37. The Kier molecular flexibility index (Phi) is 2.78. The Morgan fingerprint density at radius 1 is 1.41 bits per heavy atom. The van der Waals surface area contributed by atoms with E-state index >= 15 is 0 Å². The third-order valence-corrected chi connectivity index (χ3v) is 2.52. The number of aromatic nitrogens is 2. The molecule has 0 bridgehead atoms. The molecule has 0 atom stereocenters. The number of hydrogen-bond acceptors (Lipinski definition) is 4. The van der Waals surface area contributed by atoms with Crippen molar-refractivity contribution in [2.45, 2.75) is 13.3 Å². The van der Waals surface area contributed by atoms with Gasteiger partial charge in [0, 0.05) is 24.2 Å². The number of benzene rings is 1. The number of nitrogens with two attached hydrogens (primary N) is 1. The molecule has 0 saturated heterocycles. The van der Waals surface area contributed by atoms with Gasteiger partial charge in [0.05, 0.1) is 10.6 Å². The number of non-ortho nitro benzene ring substituents is 1. The monoisotopic (exact) mass is 232 g/mol. The van der Waals surface area contributed by atoms with Crippen molar-refractivity contribution in [3.8, 4) is 0 Å². The maximum atomic E-state index is 10.5. The van der Waals surface area contributed by atoms with Crippen molar-refractivity contribution in [1.29, 1.82) is 0 Å². The predicted octanol–water partition coefficient (Wildman–Crippen LogP) is 1.80. The summed E-state index contributed by atoms with van der Waals surface area (Å²) in [5, 5.41) is 10.5. The lowest BCUT2D eigenvalue weighted by Crippen LogP contribution is -1.93. The van der Waals surface area contributed by atoms with Crippen molar-refractivity contribution in [3.05, 3.63) is 51.3 Å². The van der Waals surface area contributed by atoms with Gasteiger partial charge in [-0.3, -0.25) is 10.1 Å². The van der Waals surface area contributed by atoms with Crippen LogP contribution < -0.4 is 5.73 Å². The minimum atomic E-state index is -0.415. The van der Waals surface area contributed by atoms with Gasteiger partial charge in [0.1, 0.15) is 0 Å². The Balaban J connectivity index is 2.19. The van der Waals surface area contributed by atoms with Gasteiger partial charge in [-0.05, 0) is 12.5 Å². The zero-order valence-corrected chi connectivity index (χ0v) is 9.30. The van der Waals surface area contributed by atoms with Gasteiger partial charge in [0.2, 0.25) is 0 Å². The Bertz CT molecular complexity index is 545. The normalized spacial score (nSPS) is 10.4. The molecule has 1 aromatic carbocycles. The summed E-state index contributed by atoms with van der Waals surface area (Å²) < 4.78 is 0. The van der Waals surface area contributed by atoms with Crippen molar-refractivity contribution < 1.29 is 4.92 Å². The summed E-state index contributed by atoms with van der Waals surface area (Å²) in [6.07, 6.45) is 0.609. The van der Waals surface area contributed by atoms with E-state index in [-0.39, 0.29) is 5.69 Å². The molecule has 0 aliphatic heterocycles. The molecule has 0 spiro atoms. The molecule has 2 rings (SSSR count). The molecular weight excluding hydrogens is 220 g/mol. The Morgan fingerprint density at radius 2 is 2.06 bits per heavy atom. The summed E-state index contributed by atoms with van der Waals surface area (Å²) in [6.45, 7) is 1.89. The first-order valence-corrected chi connectivity index (χ1v) is 5.10. The first-order chi connectivity index (χ1) is 8.06. The number of nitro groups is 1. The van der Waals surface area contributed by atoms with E-state index < -0.39 is 4.92 Å². The van der Waals surface area contributed by atoms with Gasteiger partial charge in [-0.2, -0.15) is 0 Å². The van der Waals surface area contributed by atoms with Gasteiger partial charge in [0.25, 0.3) is 5.69 Å². The average molecular weight is 232 g/mol. The number of anilines is 1. The molecule has 1 heterocycles. The second kappa shape index (κ2) is 4.25. The maximum absolute atomic E-state index is 10.5. The van der Waals surface area contributed by atoms with Crippen LogP contribution in [-0.2, 0) is 6.42 Å². The highest BCUT2D eigenvalue weighted by molar-refractivity contribution is 5.36. The van der Waals surface area contributed by atoms with Crippen LogP contribution in [0.5, 0.6) is 0 Å². The standard InChI is InChI=1S/C11H12N4O2/c1-7-10(14-11(12)13-7)6-8-2-4-9(5-3-8)15(16)17/h2-5H,6H2,1H3,(H3,12,13,14). The minimum Gasteiger partial charge on any atom is -0.369 e. The number of nitrogens with one attached hydrogen (secondary N) is 1. The van der Waals surface area contributed by atoms with E-state index in [0.29, 0.717) is 12.4 Å². The summed E-state index contributed by atoms with van der Waals surface area (Å²) in [6, 6.07) is 6.42. The molecule has 3 N–H and O–H groups in total. The topological polar surface area (TPSA) is 97.8 Å². The highest BCUT2D eigenvalue weighted by atomic mass is 16.6. The second-order valence-electron chi connectivity index (χ2n) is 3.79. The van der Waals surface area contributed by atoms with E-state index in [9.17, 15) is 10.1 Å². The second-order valence-corrected chi connectivity index (χ2v) is 3.79. The van der Waals surface area contributed by atoms with E-state index in [1.165, 1.54) is 12.1 Å². The molecule has 6 nitrogen and oxygen atoms in total. The number of rotatable bonds is 3. The third kappa shape index (κ3) is 2.41. The minimum absolute atomic E-state index is 0.0898. The first-order valence-electron chi connectivity index (χ1n) is 5.10. The summed E-state index contributed by atoms with van der Waals surface area (Å²) >= 11 is 0. The lowest BCUT2D eigenvalue weighted by atomic mass is 10.1. The fourth-order valence-electron chi connectivity index (χ4n) is 1.62. The SMILES string of the molecule is Cc1[nH]c(N)nc1Cc1ccc([N+](=O)[O-])cc1. The van der Waals surface area contributed by atoms with Crippen LogP contribution in [0.1, 0.15) is 17.0 Å². The molecule has 0 fully saturated rings. The van der Waals surface area contributed by atoms with Crippen LogP contribution in [0.4, 0.5) is 11.6 Å². The molecular formula is C11H12N4O2. The van der Waals surface area contributed by atoms with Gasteiger partial charge < -0.3 is 10.7 Å². The summed E-state index contributed by atoms with van der Waals surface area (Å²) in [7, 11) is 0. The summed E-state index contributed by atoms with van der Waals surface area (Å²) in [4.78, 5) is 17.2. The van der Waals surface area contributed by atoms with Gasteiger partial charge in [0.15, 0.2) is 5.95 Å². The van der Waals surface area contributed by atoms with Crippen LogP contribution in [0.15, 0.2) is 24.3 Å². The number of imidazole rings is 1. The average Bonchev–Trinajstić information content (AvgIpc) is 2.58. The molecule has 0 aliphatic rings. The highest BCUT2D eigenvalue weighted by Crippen LogP contribution is 2.16. The number of nitrogen functional groups attached to an aromatic ring is 1. The fourth-order valence-corrected chi connectivity index (χ4v) is 1.62. The molecule has 17 heavy (non-hydrogen) atoms. The van der Waals surface area contributed by atoms with Gasteiger partial charge in [-0.1, -0.05) is 12.1 Å². The number of aromatic amines is 1. The molecule has 0 amide bonds. The number of hydrogen-bond donors (Lipinski definition) is 2. The lowest BCUT2D eigenvalue weighted by molar-refractivity contribution is -0.384. The highest BCUT2D eigenvalue weighted by Gasteiger charge is 2.08. The largest absolute Gasteiger partial charge is 0.369 e. The predicted molar refractivity (Wildman–Crippen MR) is 63.6 cm³/mol. The van der Waals surface area contributed by atoms with Crippen molar-refractivity contribution in [3.63, 3.8) is 0 Å². The quantitative estimate of drug-likeness (QED) is 0.622. The Morgan fingerprint density at radius 3 is 2.53 bits per heavy atom. The van der Waals surface area contributed by atoms with Crippen molar-refractivity contribution >= 4 is 11.6 Å². The van der Waals surface area contributed by atoms with E-state index in [0.717, 1.165) is 17.0 Å². The fraction of sp³-hybridized carbons (Fsp3) is 0.182. The number of nitro benzene ring substituents is 1. The molecule has 0 radical (unpaired) electrons. The van der Waals surface area contributed by atoms with E-state index in [4.69, 9.17) is 5.73 Å². The molecule has 2 aromatic rings. The lowest BCUT2D eigenvalue weighted by Gasteiger charge is -1.99. The number of nitrogens with zero attached hydrogens (tertiary/aromatic N) is 2. The number of aryl methyl sites for hydroxylation is 1. The number of H-pyrrole nitrogens is 1. The first kappa shape index (κ1) is 11.1. The molecule has 0 saturated carbocycles. The van der Waals surface area contributed by atoms with Crippen molar-refractivity contribution in [1.82, 2.24) is 9.97 Å². The van der Waals surface area contributed by atoms with E-state index in [1.54, 1.807) is 12.1 Å². The van der Waals surface area contributed by atoms with Gasteiger partial charge >= 0.3 is 0 Å². The molecule has 1 aromatic heterocycles. The van der Waals surface area contributed by atoms with Crippen LogP contribution >= 0.6 is 0 Å². The van der Waals surface area contributed by atoms with E-state index in [2.05, 4.69) is 9.97 Å². The van der Waals surface area contributed by atoms with Crippen LogP contribution in [0.25, 0.3) is 0 Å². The maximum Gasteiger partial charge on any atom is 0.269 e. The van der Waals surface area contributed by atoms with Gasteiger partial charge in [-0.25, -0.2) is 4.98 Å². The van der Waals surface area contributed by atoms with Crippen molar-refractivity contribution in [2.24, 2.45) is 0 Å². The van der Waals surface area contributed by atoms with Gasteiger partial charge in [-0.15, -0.1) is 0 Å². The van der Waals surface area contributed by atoms with Crippen LogP contribution in [-0.4, -0.2) is 14.9 Å². The third-order valence-electron chi connectivity index (χ3n) is 2.52. The molecule has 0 unspecified atom stereocenters. The molecule has 0 aliphatic carbocycles. The van der Waals surface area contributed by atoms with Crippen LogP contribution in [0.2, 0.25) is 0 Å². The Hall–Kier alpha value is -2.37. The zero-order valence-electron chi connectivity index (χ0n) is 9.30. The molecule has 6 heteroatoms. The van der Waals surface area contributed by atoms with Crippen molar-refractivity contribution in [2.75, 3.05) is 5.73 Å². The van der Waals surface area contributed by atoms with Crippen LogP contribution in [0, 0.1) is 17.0 Å².